The van der Waals surface area contributed by atoms with Crippen LogP contribution in [0.5, 0.6) is 5.75 Å². The molecule has 0 unspecified atom stereocenters. The molecule has 6 nitrogen and oxygen atoms in total. The number of nitrogens with zero attached hydrogens (tertiary/aromatic N) is 3. The van der Waals surface area contributed by atoms with Crippen molar-refractivity contribution in [2.75, 3.05) is 12.4 Å². The highest BCUT2D eigenvalue weighted by Crippen LogP contribution is 2.30. The molecule has 0 aliphatic heterocycles. The number of ether oxygens (including phenoxy) is 1. The summed E-state index contributed by atoms with van der Waals surface area (Å²) >= 11 is 7.58. The van der Waals surface area contributed by atoms with E-state index < -0.39 is 17.5 Å². The molecule has 4 rings (SSSR count). The number of aromatic nitrogens is 3. The van der Waals surface area contributed by atoms with Gasteiger partial charge in [0, 0.05) is 10.9 Å². The predicted molar refractivity (Wildman–Crippen MR) is 115 cm³/mol. The van der Waals surface area contributed by atoms with Gasteiger partial charge in [-0.15, -0.1) is 11.3 Å². The van der Waals surface area contributed by atoms with E-state index in [4.69, 9.17) is 16.3 Å². The summed E-state index contributed by atoms with van der Waals surface area (Å²) in [7, 11) is 1.39. The molecule has 2 heterocycles. The lowest BCUT2D eigenvalue weighted by molar-refractivity contribution is 0.102. The number of carbonyl (C=O) groups excluding carboxylic acids is 1. The molecule has 0 aliphatic carbocycles. The van der Waals surface area contributed by atoms with Gasteiger partial charge >= 0.3 is 0 Å². The lowest BCUT2D eigenvalue weighted by Crippen LogP contribution is -2.13. The van der Waals surface area contributed by atoms with Gasteiger partial charge in [-0.05, 0) is 49.4 Å². The number of halogens is 3. The molecule has 0 saturated carbocycles. The Hall–Kier alpha value is -3.30. The summed E-state index contributed by atoms with van der Waals surface area (Å²) < 4.78 is 33.4. The minimum atomic E-state index is -0.505. The van der Waals surface area contributed by atoms with Crippen LogP contribution in [0.25, 0.3) is 16.9 Å². The zero-order valence-electron chi connectivity index (χ0n) is 16.3. The Kier molecular flexibility index (Phi) is 5.71. The average Bonchev–Trinajstić information content (AvgIpc) is 3.32. The van der Waals surface area contributed by atoms with Crippen LogP contribution in [0.15, 0.2) is 47.8 Å². The van der Waals surface area contributed by atoms with Gasteiger partial charge in [-0.1, -0.05) is 11.6 Å². The number of amides is 1. The molecule has 0 saturated heterocycles. The number of aryl methyl sites for hydroxylation is 1. The van der Waals surface area contributed by atoms with Gasteiger partial charge in [-0.2, -0.15) is 5.10 Å². The molecule has 0 fully saturated rings. The van der Waals surface area contributed by atoms with Gasteiger partial charge in [0.2, 0.25) is 0 Å². The first-order chi connectivity index (χ1) is 14.9. The molecule has 0 radical (unpaired) electrons. The fourth-order valence-corrected chi connectivity index (χ4v) is 4.03. The zero-order chi connectivity index (χ0) is 22.1. The number of carbonyl (C=O) groups is 1. The molecule has 2 aromatic carbocycles. The van der Waals surface area contributed by atoms with E-state index in [0.29, 0.717) is 27.8 Å². The van der Waals surface area contributed by atoms with E-state index in [0.717, 1.165) is 0 Å². The van der Waals surface area contributed by atoms with Crippen LogP contribution in [0.1, 0.15) is 16.1 Å². The Balaban J connectivity index is 1.57. The second-order valence-corrected chi connectivity index (χ2v) is 7.70. The Labute approximate surface area is 185 Å². The maximum atomic E-state index is 14.0. The Bertz CT molecular complexity index is 1270. The lowest BCUT2D eigenvalue weighted by Gasteiger charge is -2.04. The standard InChI is InChI=1S/C21H15ClF2N4O2S/c1-11-18(19(22)28(27-11)14-6-4-13(23)5-7-14)20(29)26-21-25-16(10-31-21)12-3-8-17(30-2)15(24)9-12/h3-10H,1-2H3,(H,25,26,29). The fourth-order valence-electron chi connectivity index (χ4n) is 2.96. The second kappa shape index (κ2) is 8.44. The van der Waals surface area contributed by atoms with Crippen LogP contribution in [0.3, 0.4) is 0 Å². The van der Waals surface area contributed by atoms with Gasteiger partial charge in [-0.3, -0.25) is 10.1 Å². The van der Waals surface area contributed by atoms with E-state index in [1.807, 2.05) is 0 Å². The monoisotopic (exact) mass is 460 g/mol. The second-order valence-electron chi connectivity index (χ2n) is 6.48. The van der Waals surface area contributed by atoms with E-state index in [1.165, 1.54) is 59.5 Å². The SMILES string of the molecule is COc1ccc(-c2csc(NC(=O)c3c(C)nn(-c4ccc(F)cc4)c3Cl)n2)cc1F. The van der Waals surface area contributed by atoms with Crippen molar-refractivity contribution in [1.82, 2.24) is 14.8 Å². The largest absolute Gasteiger partial charge is 0.494 e. The summed E-state index contributed by atoms with van der Waals surface area (Å²) in [5, 5.41) is 9.09. The third kappa shape index (κ3) is 4.14. The minimum absolute atomic E-state index is 0.0932. The van der Waals surface area contributed by atoms with Gasteiger partial charge in [0.1, 0.15) is 16.5 Å². The number of hydrogen-bond acceptors (Lipinski definition) is 5. The first-order valence-electron chi connectivity index (χ1n) is 8.99. The van der Waals surface area contributed by atoms with E-state index in [1.54, 1.807) is 18.4 Å². The molecule has 4 aromatic rings. The highest BCUT2D eigenvalue weighted by Gasteiger charge is 2.22. The van der Waals surface area contributed by atoms with Crippen LogP contribution in [-0.2, 0) is 0 Å². The van der Waals surface area contributed by atoms with Crippen molar-refractivity contribution in [1.29, 1.82) is 0 Å². The molecule has 10 heteroatoms. The molecule has 0 aliphatic rings. The van der Waals surface area contributed by atoms with Crippen LogP contribution < -0.4 is 10.1 Å². The highest BCUT2D eigenvalue weighted by atomic mass is 35.5. The van der Waals surface area contributed by atoms with Gasteiger partial charge < -0.3 is 4.74 Å². The van der Waals surface area contributed by atoms with E-state index in [9.17, 15) is 13.6 Å². The van der Waals surface area contributed by atoms with Crippen LogP contribution in [0.4, 0.5) is 13.9 Å². The first-order valence-corrected chi connectivity index (χ1v) is 10.2. The number of methoxy groups -OCH3 is 1. The van der Waals surface area contributed by atoms with Crippen molar-refractivity contribution in [3.63, 3.8) is 0 Å². The summed E-state index contributed by atoms with van der Waals surface area (Å²) in [5.74, 6) is -1.25. The summed E-state index contributed by atoms with van der Waals surface area (Å²) in [6.45, 7) is 1.65. The summed E-state index contributed by atoms with van der Waals surface area (Å²) in [6.07, 6.45) is 0. The van der Waals surface area contributed by atoms with Crippen molar-refractivity contribution >= 4 is 34.0 Å². The van der Waals surface area contributed by atoms with E-state index in [-0.39, 0.29) is 16.5 Å². The number of rotatable bonds is 5. The van der Waals surface area contributed by atoms with Crippen LogP contribution in [-0.4, -0.2) is 27.8 Å². The molecule has 0 atom stereocenters. The molecular formula is C21H15ClF2N4O2S. The maximum Gasteiger partial charge on any atom is 0.262 e. The summed E-state index contributed by atoms with van der Waals surface area (Å²) in [5.41, 5.74) is 2.16. The Morgan fingerprint density at radius 3 is 2.61 bits per heavy atom. The van der Waals surface area contributed by atoms with E-state index >= 15 is 0 Å². The Morgan fingerprint density at radius 2 is 1.94 bits per heavy atom. The smallest absolute Gasteiger partial charge is 0.262 e. The Morgan fingerprint density at radius 1 is 1.19 bits per heavy atom. The topological polar surface area (TPSA) is 69.0 Å². The zero-order valence-corrected chi connectivity index (χ0v) is 17.9. The summed E-state index contributed by atoms with van der Waals surface area (Å²) in [4.78, 5) is 17.2. The van der Waals surface area contributed by atoms with Crippen LogP contribution in [0, 0.1) is 18.6 Å². The van der Waals surface area contributed by atoms with Crippen molar-refractivity contribution < 1.29 is 18.3 Å². The normalized spacial score (nSPS) is 10.9. The molecule has 0 bridgehead atoms. The van der Waals surface area contributed by atoms with E-state index in [2.05, 4.69) is 15.4 Å². The lowest BCUT2D eigenvalue weighted by atomic mass is 10.1. The highest BCUT2D eigenvalue weighted by molar-refractivity contribution is 7.14. The van der Waals surface area contributed by atoms with Gasteiger partial charge in [0.05, 0.1) is 24.2 Å². The molecule has 1 N–H and O–H groups in total. The van der Waals surface area contributed by atoms with Gasteiger partial charge in [-0.25, -0.2) is 18.4 Å². The number of thiazole rings is 1. The van der Waals surface area contributed by atoms with Crippen molar-refractivity contribution in [3.05, 3.63) is 75.9 Å². The van der Waals surface area contributed by atoms with Gasteiger partial charge in [0.15, 0.2) is 16.7 Å². The van der Waals surface area contributed by atoms with Gasteiger partial charge in [0.25, 0.3) is 5.91 Å². The summed E-state index contributed by atoms with van der Waals surface area (Å²) in [6, 6.07) is 10.1. The number of anilines is 1. The number of nitrogens with one attached hydrogen (secondary N) is 1. The fraction of sp³-hybridized carbons (Fsp3) is 0.0952. The van der Waals surface area contributed by atoms with Crippen molar-refractivity contribution in [2.45, 2.75) is 6.92 Å². The molecule has 158 valence electrons. The molecule has 1 amide bonds. The van der Waals surface area contributed by atoms with Crippen molar-refractivity contribution in [2.24, 2.45) is 0 Å². The number of hydrogen-bond donors (Lipinski definition) is 1. The van der Waals surface area contributed by atoms with Crippen LogP contribution in [0.2, 0.25) is 5.15 Å². The quantitative estimate of drug-likeness (QED) is 0.427. The molecule has 0 spiro atoms. The number of benzene rings is 2. The van der Waals surface area contributed by atoms with Crippen LogP contribution >= 0.6 is 22.9 Å². The molecule has 2 aromatic heterocycles. The average molecular weight is 461 g/mol. The maximum absolute atomic E-state index is 14.0. The third-order valence-electron chi connectivity index (χ3n) is 4.47. The third-order valence-corrected chi connectivity index (χ3v) is 5.58. The predicted octanol–water partition coefficient (Wildman–Crippen LogP) is 5.50. The minimum Gasteiger partial charge on any atom is -0.494 e. The first kappa shape index (κ1) is 21.0. The molecule has 31 heavy (non-hydrogen) atoms. The molecular weight excluding hydrogens is 446 g/mol. The van der Waals surface area contributed by atoms with Crippen molar-refractivity contribution in [3.8, 4) is 22.7 Å².